The Labute approximate surface area is 96.5 Å². The van der Waals surface area contributed by atoms with E-state index in [1.807, 2.05) is 0 Å². The summed E-state index contributed by atoms with van der Waals surface area (Å²) < 4.78 is 0. The van der Waals surface area contributed by atoms with Crippen molar-refractivity contribution < 1.29 is 10.2 Å². The maximum absolute atomic E-state index is 9.48. The van der Waals surface area contributed by atoms with E-state index in [1.54, 1.807) is 12.3 Å². The van der Waals surface area contributed by atoms with Crippen LogP contribution < -0.4 is 0 Å². The number of phenols is 2. The van der Waals surface area contributed by atoms with Crippen molar-refractivity contribution in [2.24, 2.45) is 4.99 Å². The third-order valence-electron chi connectivity index (χ3n) is 2.39. The molecule has 16 heavy (non-hydrogen) atoms. The topological polar surface area (TPSA) is 52.8 Å². The Bertz CT molecular complexity index is 348. The minimum Gasteiger partial charge on any atom is -0.508 e. The molecule has 1 rings (SSSR count). The molecule has 0 aliphatic heterocycles. The van der Waals surface area contributed by atoms with Crippen molar-refractivity contribution in [3.63, 3.8) is 0 Å². The average Bonchev–Trinajstić information content (AvgIpc) is 2.26. The molecule has 0 aliphatic carbocycles. The summed E-state index contributed by atoms with van der Waals surface area (Å²) in [6, 6.07) is 4.51. The third-order valence-corrected chi connectivity index (χ3v) is 2.39. The van der Waals surface area contributed by atoms with E-state index in [4.69, 9.17) is 5.11 Å². The number of hydrogen-bond donors (Lipinski definition) is 2. The quantitative estimate of drug-likeness (QED) is 0.573. The number of nitrogens with zero attached hydrogens (tertiary/aromatic N) is 1. The Kier molecular flexibility index (Phi) is 5.40. The summed E-state index contributed by atoms with van der Waals surface area (Å²) in [5.41, 5.74) is 0.647. The van der Waals surface area contributed by atoms with Crippen LogP contribution in [0.15, 0.2) is 23.2 Å². The predicted octanol–water partition coefficient (Wildman–Crippen LogP) is 3.10. The van der Waals surface area contributed by atoms with Gasteiger partial charge < -0.3 is 10.2 Å². The number of aromatic hydroxyl groups is 2. The Morgan fingerprint density at radius 1 is 1.19 bits per heavy atom. The van der Waals surface area contributed by atoms with Gasteiger partial charge in [-0.3, -0.25) is 4.99 Å². The van der Waals surface area contributed by atoms with Gasteiger partial charge in [0.2, 0.25) is 0 Å². The molecule has 0 saturated heterocycles. The lowest BCUT2D eigenvalue weighted by Gasteiger charge is -1.99. The highest BCUT2D eigenvalue weighted by molar-refractivity contribution is 5.83. The van der Waals surface area contributed by atoms with Gasteiger partial charge in [0.1, 0.15) is 11.5 Å². The lowest BCUT2D eigenvalue weighted by Crippen LogP contribution is -1.86. The van der Waals surface area contributed by atoms with Crippen LogP contribution in [0.5, 0.6) is 11.5 Å². The van der Waals surface area contributed by atoms with Crippen LogP contribution in [0, 0.1) is 0 Å². The molecular weight excluding hydrogens is 202 g/mol. The lowest BCUT2D eigenvalue weighted by atomic mass is 10.2. The number of benzene rings is 1. The molecule has 0 atom stereocenters. The van der Waals surface area contributed by atoms with E-state index < -0.39 is 0 Å². The number of unbranched alkanes of at least 4 members (excludes halogenated alkanes) is 3. The van der Waals surface area contributed by atoms with Gasteiger partial charge in [0.25, 0.3) is 0 Å². The Morgan fingerprint density at radius 3 is 2.69 bits per heavy atom. The standard InChI is InChI=1S/C13H19NO2/c1-2-3-4-5-8-14-10-11-6-7-12(15)9-13(11)16/h6-7,9-10,15-16H,2-5,8H2,1H3. The van der Waals surface area contributed by atoms with Crippen LogP contribution in [0.25, 0.3) is 0 Å². The van der Waals surface area contributed by atoms with Crippen LogP contribution in [0.3, 0.4) is 0 Å². The maximum atomic E-state index is 9.48. The average molecular weight is 221 g/mol. The SMILES string of the molecule is CCCCCCN=Cc1ccc(O)cc1O. The molecule has 88 valence electrons. The van der Waals surface area contributed by atoms with Crippen molar-refractivity contribution >= 4 is 6.21 Å². The molecule has 0 bridgehead atoms. The Hall–Kier alpha value is -1.51. The van der Waals surface area contributed by atoms with Crippen LogP contribution in [0.4, 0.5) is 0 Å². The minimum atomic E-state index is 0.0670. The predicted molar refractivity (Wildman–Crippen MR) is 66.4 cm³/mol. The first-order valence-corrected chi connectivity index (χ1v) is 5.76. The summed E-state index contributed by atoms with van der Waals surface area (Å²) in [6.07, 6.45) is 6.42. The summed E-state index contributed by atoms with van der Waals surface area (Å²) in [7, 11) is 0. The maximum Gasteiger partial charge on any atom is 0.128 e. The molecule has 0 aliphatic rings. The van der Waals surface area contributed by atoms with E-state index in [0.29, 0.717) is 5.56 Å². The molecule has 0 heterocycles. The molecule has 1 aromatic carbocycles. The molecule has 0 aromatic heterocycles. The zero-order valence-corrected chi connectivity index (χ0v) is 9.69. The van der Waals surface area contributed by atoms with Crippen molar-refractivity contribution in [3.05, 3.63) is 23.8 Å². The van der Waals surface area contributed by atoms with Crippen molar-refractivity contribution in [2.75, 3.05) is 6.54 Å². The number of phenolic OH excluding ortho intramolecular Hbond substituents is 2. The summed E-state index contributed by atoms with van der Waals surface area (Å²) in [5, 5.41) is 18.6. The second-order valence-electron chi connectivity index (χ2n) is 3.84. The monoisotopic (exact) mass is 221 g/mol. The molecule has 0 amide bonds. The van der Waals surface area contributed by atoms with Crippen molar-refractivity contribution in [1.82, 2.24) is 0 Å². The van der Waals surface area contributed by atoms with E-state index in [-0.39, 0.29) is 11.5 Å². The van der Waals surface area contributed by atoms with Crippen LogP contribution >= 0.6 is 0 Å². The molecule has 3 heteroatoms. The van der Waals surface area contributed by atoms with Crippen molar-refractivity contribution in [2.45, 2.75) is 32.6 Å². The second-order valence-corrected chi connectivity index (χ2v) is 3.84. The molecular formula is C13H19NO2. The highest BCUT2D eigenvalue weighted by atomic mass is 16.3. The van der Waals surface area contributed by atoms with Gasteiger partial charge in [-0.2, -0.15) is 0 Å². The first kappa shape index (κ1) is 12.6. The van der Waals surface area contributed by atoms with Crippen molar-refractivity contribution in [1.29, 1.82) is 0 Å². The summed E-state index contributed by atoms with van der Waals surface area (Å²) in [5.74, 6) is 0.134. The molecule has 0 unspecified atom stereocenters. The summed E-state index contributed by atoms with van der Waals surface area (Å²) in [4.78, 5) is 4.24. The molecule has 0 spiro atoms. The number of hydrogen-bond acceptors (Lipinski definition) is 3. The highest BCUT2D eigenvalue weighted by Crippen LogP contribution is 2.20. The van der Waals surface area contributed by atoms with E-state index in [1.165, 1.54) is 31.4 Å². The minimum absolute atomic E-state index is 0.0670. The fraction of sp³-hybridized carbons (Fsp3) is 0.462. The van der Waals surface area contributed by atoms with Gasteiger partial charge in [-0.05, 0) is 18.6 Å². The fourth-order valence-corrected chi connectivity index (χ4v) is 1.43. The van der Waals surface area contributed by atoms with Crippen LogP contribution in [0.1, 0.15) is 38.2 Å². The third kappa shape index (κ3) is 4.34. The second kappa shape index (κ2) is 6.88. The van der Waals surface area contributed by atoms with E-state index in [0.717, 1.165) is 13.0 Å². The molecule has 0 saturated carbocycles. The van der Waals surface area contributed by atoms with Crippen molar-refractivity contribution in [3.8, 4) is 11.5 Å². The number of rotatable bonds is 6. The first-order valence-electron chi connectivity index (χ1n) is 5.76. The summed E-state index contributed by atoms with van der Waals surface area (Å²) >= 11 is 0. The van der Waals surface area contributed by atoms with Gasteiger partial charge in [0.15, 0.2) is 0 Å². The smallest absolute Gasteiger partial charge is 0.128 e. The normalized spacial score (nSPS) is 11.1. The zero-order chi connectivity index (χ0) is 11.8. The van der Waals surface area contributed by atoms with E-state index in [2.05, 4.69) is 11.9 Å². The molecule has 0 radical (unpaired) electrons. The van der Waals surface area contributed by atoms with Crippen LogP contribution in [-0.2, 0) is 0 Å². The van der Waals surface area contributed by atoms with Gasteiger partial charge in [-0.15, -0.1) is 0 Å². The fourth-order valence-electron chi connectivity index (χ4n) is 1.43. The van der Waals surface area contributed by atoms with E-state index >= 15 is 0 Å². The van der Waals surface area contributed by atoms with Crippen LogP contribution in [0.2, 0.25) is 0 Å². The summed E-state index contributed by atoms with van der Waals surface area (Å²) in [6.45, 7) is 2.97. The highest BCUT2D eigenvalue weighted by Gasteiger charge is 1.98. The molecule has 3 nitrogen and oxygen atoms in total. The van der Waals surface area contributed by atoms with Gasteiger partial charge in [0.05, 0.1) is 0 Å². The number of aliphatic imine (C=N–C) groups is 1. The van der Waals surface area contributed by atoms with Crippen LogP contribution in [-0.4, -0.2) is 23.0 Å². The largest absolute Gasteiger partial charge is 0.508 e. The molecule has 0 fully saturated rings. The van der Waals surface area contributed by atoms with Gasteiger partial charge >= 0.3 is 0 Å². The molecule has 1 aromatic rings. The zero-order valence-electron chi connectivity index (χ0n) is 9.69. The Morgan fingerprint density at radius 2 is 2.00 bits per heavy atom. The lowest BCUT2D eigenvalue weighted by molar-refractivity contribution is 0.450. The van der Waals surface area contributed by atoms with E-state index in [9.17, 15) is 5.11 Å². The Balaban J connectivity index is 2.38. The van der Waals surface area contributed by atoms with Gasteiger partial charge in [0, 0.05) is 24.4 Å². The molecule has 2 N–H and O–H groups in total. The van der Waals surface area contributed by atoms with Gasteiger partial charge in [-0.1, -0.05) is 26.2 Å². The first-order chi connectivity index (χ1) is 7.74. The van der Waals surface area contributed by atoms with Gasteiger partial charge in [-0.25, -0.2) is 0 Å².